The molecule has 0 unspecified atom stereocenters. The van der Waals surface area contributed by atoms with Crippen LogP contribution >= 0.6 is 0 Å². The standard InChI is InChI=1S/C24H24N6O3.2HI/c31-25-15-23-27(17-21-7-3-1-4-8-21)11-13-29(23)19-33-20-30-14-12-28(24(30)16-26-32)18-22-9-5-2-6-10-22;;/h1-16H,17-20H2;2*1H. The maximum Gasteiger partial charge on any atom is 0.305 e. The zero-order chi connectivity index (χ0) is 22.9. The van der Waals surface area contributed by atoms with Crippen molar-refractivity contribution < 1.29 is 72.2 Å². The van der Waals surface area contributed by atoms with Gasteiger partial charge in [-0.25, -0.2) is 18.3 Å². The van der Waals surface area contributed by atoms with Gasteiger partial charge in [-0.15, -0.1) is 0 Å². The maximum absolute atomic E-state index is 9.13. The van der Waals surface area contributed by atoms with Crippen LogP contribution in [0, 0.1) is 0 Å². The van der Waals surface area contributed by atoms with Crippen LogP contribution in [0.15, 0.2) is 95.8 Å². The summed E-state index contributed by atoms with van der Waals surface area (Å²) in [5, 5.41) is 24.7. The van der Waals surface area contributed by atoms with Gasteiger partial charge in [0.15, 0.2) is 25.9 Å². The number of halogens is 2. The van der Waals surface area contributed by atoms with Crippen molar-refractivity contribution in [2.24, 2.45) is 10.3 Å². The normalized spacial score (nSPS) is 11.0. The van der Waals surface area contributed by atoms with Gasteiger partial charge in [-0.1, -0.05) is 71.0 Å². The minimum atomic E-state index is 0. The van der Waals surface area contributed by atoms with Gasteiger partial charge in [0, 0.05) is 0 Å². The summed E-state index contributed by atoms with van der Waals surface area (Å²) in [5.74, 6) is 1.40. The van der Waals surface area contributed by atoms with E-state index < -0.39 is 0 Å². The average molecular weight is 700 g/mol. The molecule has 0 radical (unpaired) electrons. The van der Waals surface area contributed by atoms with Crippen molar-refractivity contribution in [3.05, 3.63) is 108 Å². The Morgan fingerprint density at radius 3 is 1.46 bits per heavy atom. The second-order valence-electron chi connectivity index (χ2n) is 7.43. The highest BCUT2D eigenvalue weighted by Crippen LogP contribution is 2.03. The molecule has 9 nitrogen and oxygen atoms in total. The van der Waals surface area contributed by atoms with Crippen LogP contribution in [0.4, 0.5) is 0 Å². The van der Waals surface area contributed by atoms with Crippen molar-refractivity contribution in [3.8, 4) is 0 Å². The summed E-state index contributed by atoms with van der Waals surface area (Å²) in [5.41, 5.74) is 2.27. The third-order valence-electron chi connectivity index (χ3n) is 5.23. The highest BCUT2D eigenvalue weighted by Gasteiger charge is 2.19. The van der Waals surface area contributed by atoms with Crippen molar-refractivity contribution in [2.75, 3.05) is 0 Å². The number of rotatable bonds is 10. The summed E-state index contributed by atoms with van der Waals surface area (Å²) in [6, 6.07) is 20.1. The molecule has 0 saturated carbocycles. The molecule has 2 aromatic carbocycles. The van der Waals surface area contributed by atoms with Crippen molar-refractivity contribution in [2.45, 2.75) is 26.6 Å². The van der Waals surface area contributed by atoms with E-state index in [0.29, 0.717) is 24.7 Å². The molecular weight excluding hydrogens is 674 g/mol. The van der Waals surface area contributed by atoms with Gasteiger partial charge in [-0.2, -0.15) is 0 Å². The van der Waals surface area contributed by atoms with Crippen LogP contribution in [0.1, 0.15) is 22.8 Å². The molecule has 0 fully saturated rings. The minimum Gasteiger partial charge on any atom is -1.00 e. The Morgan fingerprint density at radius 2 is 1.09 bits per heavy atom. The Balaban J connectivity index is 0.00000216. The van der Waals surface area contributed by atoms with Crippen LogP contribution in [0.5, 0.6) is 0 Å². The first-order valence-electron chi connectivity index (χ1n) is 10.5. The largest absolute Gasteiger partial charge is 1.00 e. The Morgan fingerprint density at radius 1 is 0.686 bits per heavy atom. The number of hydrogen-bond donors (Lipinski definition) is 2. The first-order chi connectivity index (χ1) is 16.3. The van der Waals surface area contributed by atoms with E-state index in [9.17, 15) is 0 Å². The minimum absolute atomic E-state index is 0. The summed E-state index contributed by atoms with van der Waals surface area (Å²) in [6.45, 7) is 1.78. The zero-order valence-electron chi connectivity index (χ0n) is 18.8. The molecule has 2 N–H and O–H groups in total. The van der Waals surface area contributed by atoms with Crippen LogP contribution in [-0.4, -0.2) is 32.0 Å². The lowest BCUT2D eigenvalue weighted by molar-refractivity contribution is -0.689. The lowest BCUT2D eigenvalue weighted by Crippen LogP contribution is -3.00. The van der Waals surface area contributed by atoms with Gasteiger partial charge in [-0.05, 0) is 11.1 Å². The average Bonchev–Trinajstić information content (AvgIpc) is 3.40. The molecule has 11 heteroatoms. The Hall–Kier alpha value is -2.78. The van der Waals surface area contributed by atoms with Gasteiger partial charge in [-0.3, -0.25) is 0 Å². The van der Waals surface area contributed by atoms with E-state index in [-0.39, 0.29) is 61.4 Å². The lowest BCUT2D eigenvalue weighted by Gasteiger charge is -2.04. The first-order valence-corrected chi connectivity index (χ1v) is 10.5. The Bertz CT molecular complexity index is 1130. The van der Waals surface area contributed by atoms with Crippen LogP contribution in [0.2, 0.25) is 0 Å². The molecule has 0 saturated heterocycles. The predicted octanol–water partition coefficient (Wildman–Crippen LogP) is -3.78. The van der Waals surface area contributed by atoms with Gasteiger partial charge in [0.2, 0.25) is 0 Å². The molecule has 184 valence electrons. The third kappa shape index (κ3) is 7.60. The number of oxime groups is 2. The number of benzene rings is 2. The van der Waals surface area contributed by atoms with E-state index in [1.807, 2.05) is 104 Å². The maximum atomic E-state index is 9.13. The van der Waals surface area contributed by atoms with Gasteiger partial charge in [0.1, 0.15) is 37.9 Å². The van der Waals surface area contributed by atoms with E-state index in [4.69, 9.17) is 15.2 Å². The van der Waals surface area contributed by atoms with Crippen molar-refractivity contribution >= 4 is 12.4 Å². The van der Waals surface area contributed by atoms with Crippen molar-refractivity contribution in [1.29, 1.82) is 0 Å². The van der Waals surface area contributed by atoms with E-state index in [0.717, 1.165) is 11.1 Å². The predicted molar refractivity (Wildman–Crippen MR) is 120 cm³/mol. The molecule has 2 heterocycles. The van der Waals surface area contributed by atoms with Crippen LogP contribution in [-0.2, 0) is 31.3 Å². The number of imidazole rings is 2. The number of ether oxygens (including phenoxy) is 1. The van der Waals surface area contributed by atoms with Crippen molar-refractivity contribution in [1.82, 2.24) is 9.13 Å². The fourth-order valence-electron chi connectivity index (χ4n) is 3.64. The molecule has 4 aromatic rings. The lowest BCUT2D eigenvalue weighted by atomic mass is 10.2. The van der Waals surface area contributed by atoms with E-state index in [2.05, 4.69) is 10.3 Å². The molecule has 35 heavy (non-hydrogen) atoms. The molecule has 2 aromatic heterocycles. The highest BCUT2D eigenvalue weighted by molar-refractivity contribution is 5.72. The quantitative estimate of drug-likeness (QED) is 0.0586. The molecule has 0 amide bonds. The van der Waals surface area contributed by atoms with Gasteiger partial charge < -0.3 is 63.1 Å². The second-order valence-corrected chi connectivity index (χ2v) is 7.43. The molecule has 0 aliphatic carbocycles. The molecule has 0 atom stereocenters. The van der Waals surface area contributed by atoms with E-state index >= 15 is 0 Å². The smallest absolute Gasteiger partial charge is 0.305 e. The fraction of sp³-hybridized carbons (Fsp3) is 0.167. The zero-order valence-corrected chi connectivity index (χ0v) is 23.1. The van der Waals surface area contributed by atoms with Crippen LogP contribution < -0.4 is 57.1 Å². The monoisotopic (exact) mass is 700 g/mol. The van der Waals surface area contributed by atoms with Gasteiger partial charge >= 0.3 is 11.6 Å². The molecule has 0 bridgehead atoms. The summed E-state index contributed by atoms with van der Waals surface area (Å²) < 4.78 is 13.6. The fourth-order valence-corrected chi connectivity index (χ4v) is 3.64. The third-order valence-corrected chi connectivity index (χ3v) is 5.23. The number of nitrogens with zero attached hydrogens (tertiary/aromatic N) is 6. The Labute approximate surface area is 237 Å². The van der Waals surface area contributed by atoms with Gasteiger partial charge in [0.25, 0.3) is 0 Å². The summed E-state index contributed by atoms with van der Waals surface area (Å²) in [6.07, 6.45) is 10.4. The summed E-state index contributed by atoms with van der Waals surface area (Å²) >= 11 is 0. The first kappa shape index (κ1) is 28.5. The Kier molecular flexibility index (Phi) is 11.9. The van der Waals surface area contributed by atoms with Crippen LogP contribution in [0.3, 0.4) is 0 Å². The summed E-state index contributed by atoms with van der Waals surface area (Å²) in [7, 11) is 0. The molecular formula is C24H26I2N6O3. The molecule has 0 aliphatic rings. The molecule has 4 rings (SSSR count). The van der Waals surface area contributed by atoms with Crippen LogP contribution in [0.25, 0.3) is 0 Å². The van der Waals surface area contributed by atoms with Gasteiger partial charge in [0.05, 0.1) is 0 Å². The topological polar surface area (TPSA) is 92.0 Å². The highest BCUT2D eigenvalue weighted by atomic mass is 127. The van der Waals surface area contributed by atoms with E-state index in [1.54, 1.807) is 0 Å². The number of aromatic nitrogens is 4. The molecule has 0 spiro atoms. The van der Waals surface area contributed by atoms with E-state index in [1.165, 1.54) is 12.4 Å². The number of hydrogen-bond acceptors (Lipinski definition) is 5. The second kappa shape index (κ2) is 14.6. The summed E-state index contributed by atoms with van der Waals surface area (Å²) in [4.78, 5) is 0. The van der Waals surface area contributed by atoms with Crippen molar-refractivity contribution in [3.63, 3.8) is 0 Å². The molecule has 0 aliphatic heterocycles. The SMILES string of the molecule is O/N=C\c1n(COCn2cc[n+](Cc3ccccc3)c2/C=N\O)cc[n+]1Cc1ccccc1.[I-].[I-].